The fourth-order valence-corrected chi connectivity index (χ4v) is 4.85. The predicted molar refractivity (Wildman–Crippen MR) is 156 cm³/mol. The van der Waals surface area contributed by atoms with Crippen LogP contribution in [0.5, 0.6) is 11.5 Å². The molecule has 0 saturated carbocycles. The number of amides is 1. The number of benzene rings is 4. The van der Waals surface area contributed by atoms with Gasteiger partial charge in [0.05, 0.1) is 36.7 Å². The molecule has 0 aliphatic carbocycles. The molecule has 7 nitrogen and oxygen atoms in total. The number of nitrogens with zero attached hydrogens (tertiary/aromatic N) is 3. The Morgan fingerprint density at radius 3 is 2.41 bits per heavy atom. The van der Waals surface area contributed by atoms with Crippen molar-refractivity contribution in [3.63, 3.8) is 0 Å². The minimum atomic E-state index is -0.219. The molecule has 0 radical (unpaired) electrons. The van der Waals surface area contributed by atoms with Crippen LogP contribution in [0.3, 0.4) is 0 Å². The number of carbonyl (C=O) groups is 1. The molecule has 1 amide bonds. The lowest BCUT2D eigenvalue weighted by Crippen LogP contribution is -2.20. The molecule has 0 atom stereocenters. The summed E-state index contributed by atoms with van der Waals surface area (Å²) in [6, 6.07) is 33.6. The quantitative estimate of drug-likeness (QED) is 0.129. The third-order valence-corrected chi connectivity index (χ3v) is 6.94. The molecule has 0 fully saturated rings. The standard InChI is InChI=1S/C31H28N4O3S/c1-37-28-17-16-25(18-29(28)38-21-24-12-6-3-7-13-24)19-32-34-30(36)22-39-31-33-26-14-8-9-15-27(26)35(31)20-23-10-4-2-5-11-23/h2-19H,20-22H2,1H3,(H,34,36)/b32-19+. The number of para-hydroxylation sites is 2. The molecule has 0 aliphatic rings. The van der Waals surface area contributed by atoms with E-state index in [0.29, 0.717) is 24.7 Å². The molecule has 0 bridgehead atoms. The summed E-state index contributed by atoms with van der Waals surface area (Å²) in [5, 5.41) is 4.93. The van der Waals surface area contributed by atoms with Crippen molar-refractivity contribution in [1.82, 2.24) is 15.0 Å². The molecule has 8 heteroatoms. The van der Waals surface area contributed by atoms with Gasteiger partial charge in [0.25, 0.3) is 5.91 Å². The highest BCUT2D eigenvalue weighted by Gasteiger charge is 2.13. The van der Waals surface area contributed by atoms with Crippen molar-refractivity contribution < 1.29 is 14.3 Å². The van der Waals surface area contributed by atoms with Gasteiger partial charge >= 0.3 is 0 Å². The number of ether oxygens (including phenoxy) is 2. The van der Waals surface area contributed by atoms with Crippen molar-refractivity contribution in [3.05, 3.63) is 120 Å². The summed E-state index contributed by atoms with van der Waals surface area (Å²) in [5.41, 5.74) is 7.55. The number of imidazole rings is 1. The van der Waals surface area contributed by atoms with E-state index in [1.54, 1.807) is 13.3 Å². The van der Waals surface area contributed by atoms with Crippen LogP contribution < -0.4 is 14.9 Å². The maximum atomic E-state index is 12.6. The smallest absolute Gasteiger partial charge is 0.250 e. The van der Waals surface area contributed by atoms with E-state index < -0.39 is 0 Å². The number of hydrogen-bond acceptors (Lipinski definition) is 6. The van der Waals surface area contributed by atoms with E-state index in [9.17, 15) is 4.79 Å². The number of aromatic nitrogens is 2. The molecule has 1 N–H and O–H groups in total. The average molecular weight is 537 g/mol. The summed E-state index contributed by atoms with van der Waals surface area (Å²) in [6.45, 7) is 1.09. The first kappa shape index (κ1) is 26.1. The molecule has 5 rings (SSSR count). The van der Waals surface area contributed by atoms with Gasteiger partial charge in [-0.25, -0.2) is 10.4 Å². The topological polar surface area (TPSA) is 77.7 Å². The summed E-state index contributed by atoms with van der Waals surface area (Å²) >= 11 is 1.39. The highest BCUT2D eigenvalue weighted by molar-refractivity contribution is 7.99. The fraction of sp³-hybridized carbons (Fsp3) is 0.129. The van der Waals surface area contributed by atoms with Gasteiger partial charge in [-0.1, -0.05) is 84.6 Å². The molecule has 4 aromatic carbocycles. The van der Waals surface area contributed by atoms with E-state index >= 15 is 0 Å². The van der Waals surface area contributed by atoms with Gasteiger partial charge in [-0.3, -0.25) is 4.79 Å². The minimum Gasteiger partial charge on any atom is -0.493 e. The molecule has 0 spiro atoms. The first-order valence-corrected chi connectivity index (χ1v) is 13.5. The van der Waals surface area contributed by atoms with Gasteiger partial charge in [-0.2, -0.15) is 5.10 Å². The zero-order valence-corrected chi connectivity index (χ0v) is 22.3. The van der Waals surface area contributed by atoms with E-state index in [1.807, 2.05) is 91.0 Å². The van der Waals surface area contributed by atoms with Crippen molar-refractivity contribution in [2.75, 3.05) is 12.9 Å². The van der Waals surface area contributed by atoms with Crippen molar-refractivity contribution in [1.29, 1.82) is 0 Å². The lowest BCUT2D eigenvalue weighted by atomic mass is 10.2. The fourth-order valence-electron chi connectivity index (χ4n) is 4.05. The van der Waals surface area contributed by atoms with Crippen LogP contribution in [0.25, 0.3) is 11.0 Å². The van der Waals surface area contributed by atoms with E-state index in [0.717, 1.165) is 27.3 Å². The second-order valence-corrected chi connectivity index (χ2v) is 9.66. The predicted octanol–water partition coefficient (Wildman–Crippen LogP) is 5.91. The molecular formula is C31H28N4O3S. The van der Waals surface area contributed by atoms with Crippen LogP contribution in [-0.2, 0) is 17.9 Å². The van der Waals surface area contributed by atoms with Gasteiger partial charge < -0.3 is 14.0 Å². The molecule has 196 valence electrons. The summed E-state index contributed by atoms with van der Waals surface area (Å²) in [6.07, 6.45) is 1.59. The zero-order chi connectivity index (χ0) is 26.9. The number of hydrazone groups is 1. The van der Waals surface area contributed by atoms with Crippen LogP contribution in [0.1, 0.15) is 16.7 Å². The van der Waals surface area contributed by atoms with Crippen LogP contribution in [0, 0.1) is 0 Å². The SMILES string of the molecule is COc1ccc(/C=N/NC(=O)CSc2nc3ccccc3n2Cc2ccccc2)cc1OCc1ccccc1. The normalized spacial score (nSPS) is 11.1. The summed E-state index contributed by atoms with van der Waals surface area (Å²) in [4.78, 5) is 17.3. The third-order valence-electron chi connectivity index (χ3n) is 5.96. The Morgan fingerprint density at radius 1 is 0.923 bits per heavy atom. The first-order valence-electron chi connectivity index (χ1n) is 12.5. The van der Waals surface area contributed by atoms with Crippen LogP contribution >= 0.6 is 11.8 Å². The highest BCUT2D eigenvalue weighted by atomic mass is 32.2. The number of thioether (sulfide) groups is 1. The molecule has 1 heterocycles. The molecule has 5 aromatic rings. The summed E-state index contributed by atoms with van der Waals surface area (Å²) < 4.78 is 13.5. The number of methoxy groups -OCH3 is 1. The zero-order valence-electron chi connectivity index (χ0n) is 21.5. The maximum absolute atomic E-state index is 12.6. The Kier molecular flexibility index (Phi) is 8.55. The van der Waals surface area contributed by atoms with Gasteiger partial charge in [0.1, 0.15) is 6.61 Å². The van der Waals surface area contributed by atoms with Gasteiger partial charge in [-0.05, 0) is 47.0 Å². The molecular weight excluding hydrogens is 508 g/mol. The second-order valence-electron chi connectivity index (χ2n) is 8.72. The number of nitrogens with one attached hydrogen (secondary N) is 1. The van der Waals surface area contributed by atoms with Crippen LogP contribution in [0.4, 0.5) is 0 Å². The van der Waals surface area contributed by atoms with Crippen molar-refractivity contribution in [2.45, 2.75) is 18.3 Å². The number of rotatable bonds is 11. The average Bonchev–Trinajstić information content (AvgIpc) is 3.33. The van der Waals surface area contributed by atoms with Gasteiger partial charge in [0, 0.05) is 0 Å². The minimum absolute atomic E-state index is 0.184. The van der Waals surface area contributed by atoms with Crippen molar-refractivity contribution >= 4 is 34.9 Å². The Hall–Kier alpha value is -4.56. The summed E-state index contributed by atoms with van der Waals surface area (Å²) in [5.74, 6) is 1.19. The molecule has 0 saturated heterocycles. The first-order chi connectivity index (χ1) is 19.2. The molecule has 0 aliphatic heterocycles. The lowest BCUT2D eigenvalue weighted by molar-refractivity contribution is -0.118. The van der Waals surface area contributed by atoms with Crippen LogP contribution in [0.15, 0.2) is 113 Å². The maximum Gasteiger partial charge on any atom is 0.250 e. The molecule has 0 unspecified atom stereocenters. The van der Waals surface area contributed by atoms with Gasteiger partial charge in [0.2, 0.25) is 0 Å². The highest BCUT2D eigenvalue weighted by Crippen LogP contribution is 2.28. The largest absolute Gasteiger partial charge is 0.493 e. The Bertz CT molecular complexity index is 1570. The van der Waals surface area contributed by atoms with E-state index in [4.69, 9.17) is 14.5 Å². The van der Waals surface area contributed by atoms with Gasteiger partial charge in [0.15, 0.2) is 16.7 Å². The van der Waals surface area contributed by atoms with E-state index in [1.165, 1.54) is 17.3 Å². The number of hydrogen-bond donors (Lipinski definition) is 1. The van der Waals surface area contributed by atoms with Gasteiger partial charge in [-0.15, -0.1) is 0 Å². The Balaban J connectivity index is 1.21. The van der Waals surface area contributed by atoms with Crippen molar-refractivity contribution in [2.24, 2.45) is 5.10 Å². The van der Waals surface area contributed by atoms with Crippen LogP contribution in [-0.4, -0.2) is 34.5 Å². The lowest BCUT2D eigenvalue weighted by Gasteiger charge is -2.11. The number of fused-ring (bicyclic) bond motifs is 1. The van der Waals surface area contributed by atoms with Crippen molar-refractivity contribution in [3.8, 4) is 11.5 Å². The molecule has 39 heavy (non-hydrogen) atoms. The van der Waals surface area contributed by atoms with E-state index in [-0.39, 0.29) is 11.7 Å². The summed E-state index contributed by atoms with van der Waals surface area (Å²) in [7, 11) is 1.60. The Labute approximate surface area is 231 Å². The van der Waals surface area contributed by atoms with E-state index in [2.05, 4.69) is 27.2 Å². The number of carbonyl (C=O) groups excluding carboxylic acids is 1. The second kappa shape index (κ2) is 12.8. The third kappa shape index (κ3) is 6.86. The monoisotopic (exact) mass is 536 g/mol. The molecule has 1 aromatic heterocycles. The van der Waals surface area contributed by atoms with Crippen LogP contribution in [0.2, 0.25) is 0 Å². The Morgan fingerprint density at radius 2 is 1.64 bits per heavy atom.